The van der Waals surface area contributed by atoms with Gasteiger partial charge in [0.1, 0.15) is 6.61 Å². The topological polar surface area (TPSA) is 119 Å². The van der Waals surface area contributed by atoms with E-state index in [0.29, 0.717) is 12.1 Å². The number of esters is 1. The van der Waals surface area contributed by atoms with Crippen LogP contribution in [0.3, 0.4) is 0 Å². The second-order valence-corrected chi connectivity index (χ2v) is 6.79. The minimum Gasteiger partial charge on any atom is -0.478 e. The van der Waals surface area contributed by atoms with Crippen molar-refractivity contribution in [3.8, 4) is 0 Å². The highest BCUT2D eigenvalue weighted by molar-refractivity contribution is 5.87. The Labute approximate surface area is 188 Å². The van der Waals surface area contributed by atoms with Gasteiger partial charge in [-0.15, -0.1) is 0 Å². The molecular weight excluding hydrogens is 396 g/mol. The second-order valence-electron chi connectivity index (χ2n) is 6.79. The van der Waals surface area contributed by atoms with Crippen molar-refractivity contribution in [2.45, 2.75) is 78.1 Å². The Morgan fingerprint density at radius 3 is 1.94 bits per heavy atom. The molecular formula is C24H44N2O5. The highest BCUT2D eigenvalue weighted by atomic mass is 16.5. The van der Waals surface area contributed by atoms with Gasteiger partial charge in [0.2, 0.25) is 5.91 Å². The molecule has 0 saturated carbocycles. The molecule has 0 aromatic carbocycles. The van der Waals surface area contributed by atoms with Crippen molar-refractivity contribution < 1.29 is 24.2 Å². The van der Waals surface area contributed by atoms with Crippen LogP contribution in [0.1, 0.15) is 78.1 Å². The van der Waals surface area contributed by atoms with Gasteiger partial charge in [-0.3, -0.25) is 4.79 Å². The number of ether oxygens (including phenoxy) is 1. The van der Waals surface area contributed by atoms with Gasteiger partial charge in [-0.2, -0.15) is 0 Å². The molecule has 0 rings (SSSR count). The summed E-state index contributed by atoms with van der Waals surface area (Å²) in [5.41, 5.74) is 5.75. The van der Waals surface area contributed by atoms with Crippen molar-refractivity contribution >= 4 is 17.8 Å². The van der Waals surface area contributed by atoms with Crippen LogP contribution in [-0.4, -0.2) is 42.6 Å². The summed E-state index contributed by atoms with van der Waals surface area (Å²) in [4.78, 5) is 31.1. The largest absolute Gasteiger partial charge is 0.478 e. The summed E-state index contributed by atoms with van der Waals surface area (Å²) in [6.07, 6.45) is 13.7. The van der Waals surface area contributed by atoms with Gasteiger partial charge in [-0.05, 0) is 25.3 Å². The van der Waals surface area contributed by atoms with Crippen LogP contribution in [-0.2, 0) is 19.1 Å². The lowest BCUT2D eigenvalue weighted by molar-refractivity contribution is -0.139. The minimum absolute atomic E-state index is 0.0615. The number of carbonyl (C=O) groups is 3. The second kappa shape index (κ2) is 27.6. The lowest BCUT2D eigenvalue weighted by Gasteiger charge is -2.04. The van der Waals surface area contributed by atoms with Gasteiger partial charge < -0.3 is 20.9 Å². The smallest absolute Gasteiger partial charge is 0.333 e. The van der Waals surface area contributed by atoms with Gasteiger partial charge in [0.05, 0.1) is 0 Å². The third-order valence-corrected chi connectivity index (χ3v) is 3.91. The number of hydrogen-bond donors (Lipinski definition) is 3. The Hall–Kier alpha value is -2.41. The number of carbonyl (C=O) groups excluding carboxylic acids is 2. The fourth-order valence-electron chi connectivity index (χ4n) is 2.13. The molecule has 0 spiro atoms. The van der Waals surface area contributed by atoms with E-state index in [4.69, 9.17) is 15.6 Å². The maximum atomic E-state index is 11.1. The van der Waals surface area contributed by atoms with Gasteiger partial charge >= 0.3 is 11.9 Å². The van der Waals surface area contributed by atoms with Crippen molar-refractivity contribution in [1.82, 2.24) is 5.32 Å². The first kappa shape index (κ1) is 33.2. The summed E-state index contributed by atoms with van der Waals surface area (Å²) in [5.74, 6) is -1.35. The summed E-state index contributed by atoms with van der Waals surface area (Å²) < 4.78 is 4.82. The standard InChI is InChI=1S/C11H21NO.C10H19NO2.C3H4O2/c1-3-5-6-7-8-9-10-12-11(13)4-2;1-3-4-5-6-9(2)10(12)13-8-7-11;1-2-3(4)5/h4H,2-3,5-10H2,1H3,(H,12,13);2-8,11H2,1H3;2H,1H2,(H,4,5). The third-order valence-electron chi connectivity index (χ3n) is 3.91. The Morgan fingerprint density at radius 2 is 1.45 bits per heavy atom. The number of hydrogen-bond acceptors (Lipinski definition) is 5. The normalized spacial score (nSPS) is 9.13. The summed E-state index contributed by atoms with van der Waals surface area (Å²) >= 11 is 0. The predicted octanol–water partition coefficient (Wildman–Crippen LogP) is 4.53. The molecule has 0 atom stereocenters. The van der Waals surface area contributed by atoms with Crippen molar-refractivity contribution in [1.29, 1.82) is 0 Å². The number of aliphatic carboxylic acids is 1. The Kier molecular flexibility index (Phi) is 29.6. The molecule has 31 heavy (non-hydrogen) atoms. The lowest BCUT2D eigenvalue weighted by atomic mass is 10.1. The molecule has 0 saturated heterocycles. The van der Waals surface area contributed by atoms with Crippen molar-refractivity contribution in [2.24, 2.45) is 5.73 Å². The van der Waals surface area contributed by atoms with E-state index in [-0.39, 0.29) is 18.5 Å². The summed E-state index contributed by atoms with van der Waals surface area (Å²) in [6.45, 7) is 15.8. The van der Waals surface area contributed by atoms with Gasteiger partial charge in [0.25, 0.3) is 0 Å². The first-order chi connectivity index (χ1) is 14.8. The van der Waals surface area contributed by atoms with Crippen molar-refractivity contribution in [3.63, 3.8) is 0 Å². The summed E-state index contributed by atoms with van der Waals surface area (Å²) in [5, 5.41) is 10.4. The van der Waals surface area contributed by atoms with Crippen LogP contribution in [0.2, 0.25) is 0 Å². The average molecular weight is 441 g/mol. The van der Waals surface area contributed by atoms with Crippen LogP contribution in [0.15, 0.2) is 37.5 Å². The Bertz CT molecular complexity index is 504. The molecule has 0 radical (unpaired) electrons. The van der Waals surface area contributed by atoms with E-state index < -0.39 is 5.97 Å². The van der Waals surface area contributed by atoms with Gasteiger partial charge in [0.15, 0.2) is 0 Å². The molecule has 0 bridgehead atoms. The number of unbranched alkanes of at least 4 members (excludes halogenated alkanes) is 7. The number of rotatable bonds is 16. The Morgan fingerprint density at radius 1 is 0.935 bits per heavy atom. The lowest BCUT2D eigenvalue weighted by Crippen LogP contribution is -2.21. The van der Waals surface area contributed by atoms with E-state index in [9.17, 15) is 14.4 Å². The number of carboxylic acids is 1. The van der Waals surface area contributed by atoms with Crippen LogP contribution in [0, 0.1) is 0 Å². The first-order valence-electron chi connectivity index (χ1n) is 11.1. The molecule has 0 aromatic rings. The van der Waals surface area contributed by atoms with Crippen LogP contribution in [0.4, 0.5) is 0 Å². The highest BCUT2D eigenvalue weighted by Crippen LogP contribution is 2.08. The molecule has 0 aliphatic heterocycles. The van der Waals surface area contributed by atoms with E-state index in [1.165, 1.54) is 38.2 Å². The SMILES string of the molecule is C=C(CCCCC)C(=O)OCCN.C=CC(=O)NCCCCCCCC.C=CC(=O)O. The molecule has 1 amide bonds. The van der Waals surface area contributed by atoms with Crippen molar-refractivity contribution in [2.75, 3.05) is 19.7 Å². The zero-order valence-electron chi connectivity index (χ0n) is 19.6. The zero-order chi connectivity index (χ0) is 24.3. The molecule has 0 unspecified atom stereocenters. The van der Waals surface area contributed by atoms with Crippen LogP contribution >= 0.6 is 0 Å². The number of amides is 1. The molecule has 0 fully saturated rings. The van der Waals surface area contributed by atoms with Crippen LogP contribution in [0.25, 0.3) is 0 Å². The molecule has 0 aliphatic rings. The fraction of sp³-hybridized carbons (Fsp3) is 0.625. The quantitative estimate of drug-likeness (QED) is 0.184. The third kappa shape index (κ3) is 32.5. The van der Waals surface area contributed by atoms with Crippen molar-refractivity contribution in [3.05, 3.63) is 37.5 Å². The molecule has 0 heterocycles. The average Bonchev–Trinajstić information content (AvgIpc) is 2.77. The predicted molar refractivity (Wildman–Crippen MR) is 128 cm³/mol. The highest BCUT2D eigenvalue weighted by Gasteiger charge is 2.06. The molecule has 0 aromatic heterocycles. The molecule has 7 nitrogen and oxygen atoms in total. The van der Waals surface area contributed by atoms with E-state index in [1.54, 1.807) is 0 Å². The molecule has 180 valence electrons. The first-order valence-corrected chi connectivity index (χ1v) is 11.1. The number of nitrogens with one attached hydrogen (secondary N) is 1. The van der Waals surface area contributed by atoms with Gasteiger partial charge in [-0.25, -0.2) is 9.59 Å². The fourth-order valence-corrected chi connectivity index (χ4v) is 2.13. The number of nitrogens with two attached hydrogens (primary N) is 1. The van der Waals surface area contributed by atoms with E-state index >= 15 is 0 Å². The zero-order valence-corrected chi connectivity index (χ0v) is 19.6. The summed E-state index contributed by atoms with van der Waals surface area (Å²) in [7, 11) is 0. The summed E-state index contributed by atoms with van der Waals surface area (Å²) in [6, 6.07) is 0. The maximum Gasteiger partial charge on any atom is 0.333 e. The molecule has 7 heteroatoms. The molecule has 4 N–H and O–H groups in total. The minimum atomic E-state index is -0.981. The van der Waals surface area contributed by atoms with E-state index in [1.807, 2.05) is 0 Å². The van der Waals surface area contributed by atoms with Crippen LogP contribution < -0.4 is 11.1 Å². The number of carboxylic acid groups (broad SMARTS) is 1. The van der Waals surface area contributed by atoms with Gasteiger partial charge in [0, 0.05) is 24.7 Å². The Balaban J connectivity index is -0.000000416. The van der Waals surface area contributed by atoms with E-state index in [2.05, 4.69) is 38.9 Å². The van der Waals surface area contributed by atoms with E-state index in [0.717, 1.165) is 44.7 Å². The maximum absolute atomic E-state index is 11.1. The molecule has 0 aliphatic carbocycles. The van der Waals surface area contributed by atoms with Crippen LogP contribution in [0.5, 0.6) is 0 Å². The monoisotopic (exact) mass is 440 g/mol. The van der Waals surface area contributed by atoms with Gasteiger partial charge in [-0.1, -0.05) is 78.5 Å².